The van der Waals surface area contributed by atoms with Crippen molar-refractivity contribution in [3.8, 4) is 5.88 Å². The summed E-state index contributed by atoms with van der Waals surface area (Å²) in [6.07, 6.45) is 6.93. The van der Waals surface area contributed by atoms with Crippen LogP contribution < -0.4 is 10.1 Å². The highest BCUT2D eigenvalue weighted by molar-refractivity contribution is 5.20. The molecule has 1 saturated carbocycles. The lowest BCUT2D eigenvalue weighted by Crippen LogP contribution is -2.29. The van der Waals surface area contributed by atoms with E-state index in [0.29, 0.717) is 6.10 Å². The molecule has 2 rings (SSSR count). The fourth-order valence-electron chi connectivity index (χ4n) is 2.81. The van der Waals surface area contributed by atoms with Crippen LogP contribution in [0.25, 0.3) is 0 Å². The van der Waals surface area contributed by atoms with Crippen molar-refractivity contribution >= 4 is 0 Å². The lowest BCUT2D eigenvalue weighted by atomic mass is 9.80. The van der Waals surface area contributed by atoms with Crippen LogP contribution in [0.15, 0.2) is 18.3 Å². The molecule has 0 amide bonds. The zero-order chi connectivity index (χ0) is 14.4. The van der Waals surface area contributed by atoms with Crippen LogP contribution in [0.2, 0.25) is 0 Å². The van der Waals surface area contributed by atoms with Crippen LogP contribution in [0.3, 0.4) is 0 Å². The van der Waals surface area contributed by atoms with Gasteiger partial charge in [0.1, 0.15) is 6.10 Å². The number of pyridine rings is 1. The van der Waals surface area contributed by atoms with E-state index >= 15 is 0 Å². The Morgan fingerprint density at radius 2 is 2.15 bits per heavy atom. The van der Waals surface area contributed by atoms with E-state index in [-0.39, 0.29) is 0 Å². The summed E-state index contributed by atoms with van der Waals surface area (Å²) in [7, 11) is 0. The first-order chi connectivity index (χ1) is 9.69. The third-order valence-electron chi connectivity index (χ3n) is 4.39. The molecule has 1 fully saturated rings. The second kappa shape index (κ2) is 7.63. The Hall–Kier alpha value is -1.09. The average molecular weight is 276 g/mol. The van der Waals surface area contributed by atoms with E-state index in [1.807, 2.05) is 6.20 Å². The number of hydrogen-bond acceptors (Lipinski definition) is 3. The van der Waals surface area contributed by atoms with Gasteiger partial charge in [-0.1, -0.05) is 20.8 Å². The maximum absolute atomic E-state index is 6.08. The van der Waals surface area contributed by atoms with Crippen molar-refractivity contribution in [2.45, 2.75) is 59.1 Å². The van der Waals surface area contributed by atoms with E-state index in [2.05, 4.69) is 43.2 Å². The Morgan fingerprint density at radius 3 is 2.90 bits per heavy atom. The molecule has 1 aliphatic rings. The first-order valence-electron chi connectivity index (χ1n) is 8.01. The number of nitrogens with one attached hydrogen (secondary N) is 1. The van der Waals surface area contributed by atoms with Gasteiger partial charge in [-0.2, -0.15) is 0 Å². The molecule has 1 heterocycles. The Balaban J connectivity index is 1.87. The van der Waals surface area contributed by atoms with Gasteiger partial charge in [-0.3, -0.25) is 0 Å². The van der Waals surface area contributed by atoms with E-state index in [1.165, 1.54) is 12.0 Å². The van der Waals surface area contributed by atoms with Gasteiger partial charge in [0.2, 0.25) is 5.88 Å². The summed E-state index contributed by atoms with van der Waals surface area (Å²) in [6, 6.07) is 4.13. The predicted molar refractivity (Wildman–Crippen MR) is 82.8 cm³/mol. The van der Waals surface area contributed by atoms with Crippen LogP contribution in [-0.2, 0) is 6.54 Å². The van der Waals surface area contributed by atoms with Crippen molar-refractivity contribution in [2.24, 2.45) is 11.8 Å². The molecule has 0 bridgehead atoms. The third kappa shape index (κ3) is 4.48. The molecular weight excluding hydrogens is 248 g/mol. The lowest BCUT2D eigenvalue weighted by molar-refractivity contribution is 0.0964. The largest absolute Gasteiger partial charge is 0.474 e. The van der Waals surface area contributed by atoms with Crippen molar-refractivity contribution in [3.05, 3.63) is 23.9 Å². The molecule has 0 spiro atoms. The van der Waals surface area contributed by atoms with Crippen LogP contribution >= 0.6 is 0 Å². The number of nitrogens with zero attached hydrogens (tertiary/aromatic N) is 1. The number of hydrogen-bond donors (Lipinski definition) is 1. The summed E-state index contributed by atoms with van der Waals surface area (Å²) in [6.45, 7) is 8.80. The average Bonchev–Trinajstić information content (AvgIpc) is 2.44. The van der Waals surface area contributed by atoms with Gasteiger partial charge < -0.3 is 10.1 Å². The fourth-order valence-corrected chi connectivity index (χ4v) is 2.81. The molecule has 0 saturated heterocycles. The Bertz CT molecular complexity index is 408. The SMILES string of the molecule is CCCNCc1ccnc(OC2CCC(C)C(C)C2)c1. The number of aromatic nitrogens is 1. The number of rotatable bonds is 6. The zero-order valence-electron chi connectivity index (χ0n) is 13.1. The van der Waals surface area contributed by atoms with E-state index in [4.69, 9.17) is 4.74 Å². The molecule has 112 valence electrons. The van der Waals surface area contributed by atoms with Crippen molar-refractivity contribution in [1.82, 2.24) is 10.3 Å². The number of ether oxygens (including phenoxy) is 1. The normalized spacial score (nSPS) is 26.4. The topological polar surface area (TPSA) is 34.2 Å². The van der Waals surface area contributed by atoms with Gasteiger partial charge in [-0.15, -0.1) is 0 Å². The second-order valence-corrected chi connectivity index (χ2v) is 6.19. The minimum Gasteiger partial charge on any atom is -0.474 e. The summed E-state index contributed by atoms with van der Waals surface area (Å²) in [5.41, 5.74) is 1.25. The Morgan fingerprint density at radius 1 is 1.30 bits per heavy atom. The van der Waals surface area contributed by atoms with E-state index in [0.717, 1.165) is 50.1 Å². The van der Waals surface area contributed by atoms with Crippen LogP contribution in [0.4, 0.5) is 0 Å². The van der Waals surface area contributed by atoms with Crippen LogP contribution in [-0.4, -0.2) is 17.6 Å². The van der Waals surface area contributed by atoms with E-state index in [1.54, 1.807) is 0 Å². The summed E-state index contributed by atoms with van der Waals surface area (Å²) in [4.78, 5) is 4.36. The van der Waals surface area contributed by atoms with E-state index < -0.39 is 0 Å². The van der Waals surface area contributed by atoms with Gasteiger partial charge >= 0.3 is 0 Å². The van der Waals surface area contributed by atoms with Gasteiger partial charge in [0.25, 0.3) is 0 Å². The van der Waals surface area contributed by atoms with Crippen LogP contribution in [0.5, 0.6) is 5.88 Å². The van der Waals surface area contributed by atoms with Crippen molar-refractivity contribution in [2.75, 3.05) is 6.54 Å². The van der Waals surface area contributed by atoms with Crippen LogP contribution in [0.1, 0.15) is 52.0 Å². The van der Waals surface area contributed by atoms with Gasteiger partial charge in [0.05, 0.1) is 0 Å². The van der Waals surface area contributed by atoms with Gasteiger partial charge in [-0.05, 0) is 55.7 Å². The minimum absolute atomic E-state index is 0.340. The zero-order valence-corrected chi connectivity index (χ0v) is 13.1. The fraction of sp³-hybridized carbons (Fsp3) is 0.706. The molecule has 1 N–H and O–H groups in total. The molecule has 1 aromatic rings. The summed E-state index contributed by atoms with van der Waals surface area (Å²) in [5.74, 6) is 2.36. The predicted octanol–water partition coefficient (Wildman–Crippen LogP) is 3.78. The second-order valence-electron chi connectivity index (χ2n) is 6.19. The maximum atomic E-state index is 6.08. The van der Waals surface area contributed by atoms with Crippen molar-refractivity contribution in [3.63, 3.8) is 0 Å². The lowest BCUT2D eigenvalue weighted by Gasteiger charge is -2.31. The van der Waals surface area contributed by atoms with Crippen molar-refractivity contribution < 1.29 is 4.74 Å². The molecule has 1 aromatic heterocycles. The highest BCUT2D eigenvalue weighted by Gasteiger charge is 2.25. The Labute approximate surface area is 123 Å². The molecule has 20 heavy (non-hydrogen) atoms. The van der Waals surface area contributed by atoms with Crippen molar-refractivity contribution in [1.29, 1.82) is 0 Å². The standard InChI is InChI=1S/C17H28N2O/c1-4-8-18-12-15-7-9-19-17(11-15)20-16-6-5-13(2)14(3)10-16/h7,9,11,13-14,16,18H,4-6,8,10,12H2,1-3H3. The summed E-state index contributed by atoms with van der Waals surface area (Å²) in [5, 5.41) is 3.41. The molecule has 3 nitrogen and oxygen atoms in total. The molecule has 0 aliphatic heterocycles. The minimum atomic E-state index is 0.340. The Kier molecular flexibility index (Phi) is 5.84. The smallest absolute Gasteiger partial charge is 0.213 e. The molecule has 3 atom stereocenters. The van der Waals surface area contributed by atoms with Gasteiger partial charge in [-0.25, -0.2) is 4.98 Å². The monoisotopic (exact) mass is 276 g/mol. The molecule has 0 radical (unpaired) electrons. The first kappa shape index (κ1) is 15.3. The van der Waals surface area contributed by atoms with E-state index in [9.17, 15) is 0 Å². The van der Waals surface area contributed by atoms with Gasteiger partial charge in [0.15, 0.2) is 0 Å². The quantitative estimate of drug-likeness (QED) is 0.803. The van der Waals surface area contributed by atoms with Gasteiger partial charge in [0, 0.05) is 18.8 Å². The highest BCUT2D eigenvalue weighted by atomic mass is 16.5. The first-order valence-corrected chi connectivity index (χ1v) is 8.01. The molecular formula is C17H28N2O. The molecule has 0 aromatic carbocycles. The third-order valence-corrected chi connectivity index (χ3v) is 4.39. The summed E-state index contributed by atoms with van der Waals surface area (Å²) >= 11 is 0. The molecule has 1 aliphatic carbocycles. The summed E-state index contributed by atoms with van der Waals surface area (Å²) < 4.78 is 6.08. The molecule has 3 unspecified atom stereocenters. The van der Waals surface area contributed by atoms with Crippen LogP contribution in [0, 0.1) is 11.8 Å². The molecule has 3 heteroatoms. The highest BCUT2D eigenvalue weighted by Crippen LogP contribution is 2.31. The maximum Gasteiger partial charge on any atom is 0.213 e.